The topological polar surface area (TPSA) is 29.5 Å². The zero-order valence-electron chi connectivity index (χ0n) is 30.1. The minimum absolute atomic E-state index is 0.904. The third-order valence-corrected chi connectivity index (χ3v) is 12.4. The molecule has 0 saturated carbocycles. The van der Waals surface area contributed by atoms with Crippen molar-refractivity contribution in [2.24, 2.45) is 0 Å². The smallest absolute Gasteiger partial charge is 0.144 e. The van der Waals surface area contributed by atoms with E-state index < -0.39 is 0 Å². The number of hydrogen-bond acceptors (Lipinski definition) is 4. The summed E-state index contributed by atoms with van der Waals surface area (Å²) in [5, 5.41) is 9.28. The average Bonchev–Trinajstić information content (AvgIpc) is 3.96. The molecule has 0 N–H and O–H groups in total. The Morgan fingerprint density at radius 1 is 0.375 bits per heavy atom. The lowest BCUT2D eigenvalue weighted by molar-refractivity contribution is 0.670. The SMILES string of the molecule is c1ccc(-c2ccccc2N(c2ccc(-c3cccc4c3oc3ccccc34)cc2)c2ccc3c(c2)sc2ccc4c5ccc6ccccc6c5oc4c23)cc1. The second-order valence-electron chi connectivity index (χ2n) is 14.4. The number of furan rings is 2. The number of fused-ring (bicyclic) bond motifs is 12. The number of benzene rings is 9. The fraction of sp³-hybridized carbons (Fsp3) is 0. The van der Waals surface area contributed by atoms with E-state index >= 15 is 0 Å². The summed E-state index contributed by atoms with van der Waals surface area (Å²) in [4.78, 5) is 2.39. The van der Waals surface area contributed by atoms with E-state index in [0.29, 0.717) is 0 Å². The molecule has 56 heavy (non-hydrogen) atoms. The first kappa shape index (κ1) is 31.2. The van der Waals surface area contributed by atoms with Crippen LogP contribution in [-0.2, 0) is 0 Å². The van der Waals surface area contributed by atoms with Crippen LogP contribution in [0.5, 0.6) is 0 Å². The highest BCUT2D eigenvalue weighted by Gasteiger charge is 2.21. The first-order valence-electron chi connectivity index (χ1n) is 18.9. The van der Waals surface area contributed by atoms with Crippen molar-refractivity contribution in [1.29, 1.82) is 0 Å². The molecule has 3 nitrogen and oxygen atoms in total. The third kappa shape index (κ3) is 4.70. The van der Waals surface area contributed by atoms with Crippen LogP contribution < -0.4 is 4.90 Å². The maximum absolute atomic E-state index is 6.81. The standard InChI is InChI=1S/C52H31NO2S/c1-2-11-32(12-3-1)37-14-6-8-19-45(37)53(35-24-21-34(22-25-35)39-17-10-18-41-40-16-7-9-20-46(40)54-50(39)41)36-26-28-44-48(31-36)56-47-30-29-43-42-27-23-33-13-4-5-15-38(33)51(42)55-52(43)49(44)47/h1-31H. The van der Waals surface area contributed by atoms with Gasteiger partial charge in [-0.1, -0.05) is 133 Å². The third-order valence-electron chi connectivity index (χ3n) is 11.3. The minimum Gasteiger partial charge on any atom is -0.455 e. The highest BCUT2D eigenvalue weighted by atomic mass is 32.1. The van der Waals surface area contributed by atoms with Gasteiger partial charge < -0.3 is 13.7 Å². The molecular weight excluding hydrogens is 703 g/mol. The van der Waals surface area contributed by atoms with Gasteiger partial charge in [0.05, 0.1) is 5.69 Å². The molecule has 0 radical (unpaired) electrons. The van der Waals surface area contributed by atoms with E-state index in [1.54, 1.807) is 0 Å². The van der Waals surface area contributed by atoms with Crippen molar-refractivity contribution in [1.82, 2.24) is 0 Å². The number of thiophene rings is 1. The summed E-state index contributed by atoms with van der Waals surface area (Å²) in [7, 11) is 0. The molecule has 0 bridgehead atoms. The zero-order chi connectivity index (χ0) is 36.7. The predicted octanol–water partition coefficient (Wildman–Crippen LogP) is 15.8. The Balaban J connectivity index is 1.04. The fourth-order valence-corrected chi connectivity index (χ4v) is 9.81. The van der Waals surface area contributed by atoms with Gasteiger partial charge in [-0.15, -0.1) is 11.3 Å². The van der Waals surface area contributed by atoms with Crippen LogP contribution in [0.4, 0.5) is 17.1 Å². The minimum atomic E-state index is 0.904. The van der Waals surface area contributed by atoms with Gasteiger partial charge in [0, 0.05) is 69.6 Å². The summed E-state index contributed by atoms with van der Waals surface area (Å²) in [6.07, 6.45) is 0. The monoisotopic (exact) mass is 733 g/mol. The van der Waals surface area contributed by atoms with Crippen molar-refractivity contribution < 1.29 is 8.83 Å². The normalized spacial score (nSPS) is 11.9. The van der Waals surface area contributed by atoms with Crippen LogP contribution in [0.3, 0.4) is 0 Å². The molecule has 262 valence electrons. The van der Waals surface area contributed by atoms with E-state index in [4.69, 9.17) is 8.83 Å². The summed E-state index contributed by atoms with van der Waals surface area (Å²) >= 11 is 1.82. The van der Waals surface area contributed by atoms with Crippen LogP contribution >= 0.6 is 11.3 Å². The van der Waals surface area contributed by atoms with E-state index in [2.05, 4.69) is 181 Å². The second kappa shape index (κ2) is 12.2. The van der Waals surface area contributed by atoms with Gasteiger partial charge in [-0.2, -0.15) is 0 Å². The molecule has 0 aliphatic rings. The van der Waals surface area contributed by atoms with Gasteiger partial charge in [0.1, 0.15) is 22.3 Å². The molecule has 3 heterocycles. The maximum Gasteiger partial charge on any atom is 0.144 e. The number of anilines is 3. The molecule has 3 aromatic heterocycles. The van der Waals surface area contributed by atoms with E-state index in [1.807, 2.05) is 23.5 Å². The Labute approximate surface area is 325 Å². The highest BCUT2D eigenvalue weighted by molar-refractivity contribution is 7.26. The largest absolute Gasteiger partial charge is 0.455 e. The molecule has 0 atom stereocenters. The number of nitrogens with zero attached hydrogens (tertiary/aromatic N) is 1. The molecule has 0 aliphatic heterocycles. The molecule has 0 fully saturated rings. The van der Waals surface area contributed by atoms with Gasteiger partial charge in [-0.25, -0.2) is 0 Å². The van der Waals surface area contributed by atoms with Crippen molar-refractivity contribution >= 4 is 103 Å². The van der Waals surface area contributed by atoms with Crippen molar-refractivity contribution in [2.45, 2.75) is 0 Å². The van der Waals surface area contributed by atoms with E-state index in [9.17, 15) is 0 Å². The molecule has 12 rings (SSSR count). The number of para-hydroxylation sites is 3. The van der Waals surface area contributed by atoms with Crippen molar-refractivity contribution in [2.75, 3.05) is 4.90 Å². The summed E-state index contributed by atoms with van der Waals surface area (Å²) in [6, 6.07) is 67.2. The first-order valence-corrected chi connectivity index (χ1v) is 19.7. The Hall–Kier alpha value is -7.14. The molecule has 0 spiro atoms. The van der Waals surface area contributed by atoms with Gasteiger partial charge in [0.2, 0.25) is 0 Å². The lowest BCUT2D eigenvalue weighted by atomic mass is 10.00. The van der Waals surface area contributed by atoms with Crippen LogP contribution in [-0.4, -0.2) is 0 Å². The Bertz CT molecular complexity index is 3480. The van der Waals surface area contributed by atoms with Crippen LogP contribution in [0.1, 0.15) is 0 Å². The van der Waals surface area contributed by atoms with Crippen molar-refractivity contribution in [3.8, 4) is 22.3 Å². The second-order valence-corrected chi connectivity index (χ2v) is 15.5. The van der Waals surface area contributed by atoms with E-state index in [-0.39, 0.29) is 0 Å². The van der Waals surface area contributed by atoms with Gasteiger partial charge in [0.25, 0.3) is 0 Å². The molecule has 0 aliphatic carbocycles. The van der Waals surface area contributed by atoms with Gasteiger partial charge in [-0.05, 0) is 71.1 Å². The zero-order valence-corrected chi connectivity index (χ0v) is 30.9. The highest BCUT2D eigenvalue weighted by Crippen LogP contribution is 2.47. The molecular formula is C52H31NO2S. The molecule has 0 saturated heterocycles. The predicted molar refractivity (Wildman–Crippen MR) is 237 cm³/mol. The summed E-state index contributed by atoms with van der Waals surface area (Å²) < 4.78 is 15.7. The van der Waals surface area contributed by atoms with Crippen molar-refractivity contribution in [3.05, 3.63) is 188 Å². The molecule has 0 unspecified atom stereocenters. The van der Waals surface area contributed by atoms with Gasteiger partial charge in [-0.3, -0.25) is 0 Å². The Kier molecular flexibility index (Phi) is 6.80. The average molecular weight is 734 g/mol. The van der Waals surface area contributed by atoms with Crippen LogP contribution in [0.2, 0.25) is 0 Å². The molecule has 0 amide bonds. The number of rotatable bonds is 5. The lowest BCUT2D eigenvalue weighted by Gasteiger charge is -2.28. The van der Waals surface area contributed by atoms with Crippen LogP contribution in [0.25, 0.3) is 97.1 Å². The quantitative estimate of drug-likeness (QED) is 0.176. The van der Waals surface area contributed by atoms with E-state index in [0.717, 1.165) is 83.0 Å². The molecule has 9 aromatic carbocycles. The number of hydrogen-bond donors (Lipinski definition) is 0. The van der Waals surface area contributed by atoms with Crippen LogP contribution in [0, 0.1) is 0 Å². The molecule has 12 aromatic rings. The molecule has 4 heteroatoms. The van der Waals surface area contributed by atoms with Gasteiger partial charge >= 0.3 is 0 Å². The van der Waals surface area contributed by atoms with Gasteiger partial charge in [0.15, 0.2) is 0 Å². The summed E-state index contributed by atoms with van der Waals surface area (Å²) in [6.45, 7) is 0. The van der Waals surface area contributed by atoms with Crippen LogP contribution in [0.15, 0.2) is 197 Å². The fourth-order valence-electron chi connectivity index (χ4n) is 8.67. The lowest BCUT2D eigenvalue weighted by Crippen LogP contribution is -2.11. The summed E-state index contributed by atoms with van der Waals surface area (Å²) in [5.41, 5.74) is 11.5. The van der Waals surface area contributed by atoms with Crippen molar-refractivity contribution in [3.63, 3.8) is 0 Å². The Morgan fingerprint density at radius 3 is 1.95 bits per heavy atom. The first-order chi connectivity index (χ1) is 27.8. The summed E-state index contributed by atoms with van der Waals surface area (Å²) in [5.74, 6) is 0. The maximum atomic E-state index is 6.81. The Morgan fingerprint density at radius 2 is 1.04 bits per heavy atom. The van der Waals surface area contributed by atoms with E-state index in [1.165, 1.54) is 31.1 Å².